The molecule has 0 aliphatic carbocycles. The van der Waals surface area contributed by atoms with E-state index in [1.54, 1.807) is 30.6 Å². The zero-order valence-electron chi connectivity index (χ0n) is 66.0. The number of nitrogen functional groups attached to an aromatic ring is 1. The minimum absolute atomic E-state index is 0.0370. The summed E-state index contributed by atoms with van der Waals surface area (Å²) in [4.78, 5) is 93.6. The number of aromatic nitrogens is 10. The van der Waals surface area contributed by atoms with Gasteiger partial charge < -0.3 is 66.2 Å². The Morgan fingerprint density at radius 2 is 0.982 bits per heavy atom. The fourth-order valence-corrected chi connectivity index (χ4v) is 11.5. The first kappa shape index (κ1) is 93.2. The smallest absolute Gasteiger partial charge is 0.412 e. The summed E-state index contributed by atoms with van der Waals surface area (Å²) in [6.07, 6.45) is 11.3. The predicted molar refractivity (Wildman–Crippen MR) is 430 cm³/mol. The number of nitriles is 3. The molecule has 10 heterocycles. The quantitative estimate of drug-likeness (QED) is 0.0622. The molecule has 3 fully saturated rings. The van der Waals surface area contributed by atoms with Crippen molar-refractivity contribution in [1.29, 1.82) is 15.8 Å². The summed E-state index contributed by atoms with van der Waals surface area (Å²) in [7, 11) is 0. The van der Waals surface area contributed by atoms with Crippen molar-refractivity contribution >= 4 is 121 Å². The third kappa shape index (κ3) is 37.0. The van der Waals surface area contributed by atoms with E-state index in [0.717, 1.165) is 77.8 Å². The number of rotatable bonds is 9. The number of carbonyl (C=O) groups is 5. The molecule has 10 rings (SSSR count). The lowest BCUT2D eigenvalue weighted by molar-refractivity contribution is 0.0483. The first-order chi connectivity index (χ1) is 51.8. The number of carbonyl (C=O) groups excluding carboxylic acids is 4. The van der Waals surface area contributed by atoms with Gasteiger partial charge in [-0.2, -0.15) is 24.5 Å². The van der Waals surface area contributed by atoms with E-state index in [1.165, 1.54) is 47.7 Å². The van der Waals surface area contributed by atoms with E-state index in [2.05, 4.69) is 112 Å². The summed E-state index contributed by atoms with van der Waals surface area (Å²) in [6, 6.07) is 17.4. The monoisotopic (exact) mass is 1630 g/mol. The molecule has 3 aliphatic rings. The lowest BCUT2D eigenvalue weighted by Gasteiger charge is -2.39. The molecule has 0 aromatic carbocycles. The number of aromatic carboxylic acids is 1. The van der Waals surface area contributed by atoms with Gasteiger partial charge in [-0.25, -0.2) is 53.9 Å². The van der Waals surface area contributed by atoms with Crippen molar-refractivity contribution in [3.05, 3.63) is 128 Å². The molecule has 7 aromatic rings. The first-order valence-electron chi connectivity index (χ1n) is 35.3. The summed E-state index contributed by atoms with van der Waals surface area (Å²) in [5.74, 6) is 0.712. The van der Waals surface area contributed by atoms with E-state index < -0.39 is 46.7 Å². The van der Waals surface area contributed by atoms with Crippen molar-refractivity contribution in [3.63, 3.8) is 0 Å². The van der Waals surface area contributed by atoms with Crippen molar-refractivity contribution in [2.75, 3.05) is 45.8 Å². The molecule has 600 valence electrons. The molecule has 0 saturated carbocycles. The van der Waals surface area contributed by atoms with Crippen LogP contribution in [0.2, 0.25) is 15.5 Å². The third-order valence-corrected chi connectivity index (χ3v) is 17.1. The van der Waals surface area contributed by atoms with E-state index in [9.17, 15) is 29.2 Å². The van der Waals surface area contributed by atoms with E-state index in [-0.39, 0.29) is 74.4 Å². The summed E-state index contributed by atoms with van der Waals surface area (Å²) < 4.78 is 29.1. The van der Waals surface area contributed by atoms with Crippen LogP contribution in [0.4, 0.5) is 52.3 Å². The highest BCUT2D eigenvalue weighted by atomic mass is 35.5. The van der Waals surface area contributed by atoms with Gasteiger partial charge in [0.05, 0.1) is 47.4 Å². The number of hydrogen-bond donors (Lipinski definition) is 8. The van der Waals surface area contributed by atoms with Crippen LogP contribution in [-0.4, -0.2) is 162 Å². The van der Waals surface area contributed by atoms with Gasteiger partial charge in [-0.05, 0) is 230 Å². The molecule has 0 spiro atoms. The lowest BCUT2D eigenvalue weighted by Crippen LogP contribution is -2.52. The molecule has 4 amide bonds. The molecule has 7 aromatic heterocycles. The van der Waals surface area contributed by atoms with Crippen molar-refractivity contribution in [2.45, 2.75) is 229 Å². The van der Waals surface area contributed by atoms with Crippen LogP contribution in [0.1, 0.15) is 193 Å². The van der Waals surface area contributed by atoms with Gasteiger partial charge in [-0.3, -0.25) is 15.3 Å². The Kier molecular flexibility index (Phi) is 37.0. The average molecular weight is 1630 g/mol. The SMILES string of the molecule is CC1CCC(NC(=O)OC(C)(C)C)CN1.CC1CCC(NC(=O)OC(C)(C)C)CN1c1cnc(C#N)c(Cl)n1.Cc1cc(N)sn1.Cc1cc(Nc2nc(N3CC(NC(=O)OC(C)(C)C)CCC3C)cnc2C#N)sn1.Cc1ccc(C(=O)O)cn1.Cc1ccc(NC(=O)OC(C)(C)C)cn1.N#Cc1ncc(Cl)nc1Cl. The number of nitrogens with one attached hydrogen (secondary N) is 6. The Hall–Kier alpha value is -10.2. The number of amides is 4. The molecule has 9 N–H and O–H groups in total. The number of piperidine rings is 3. The van der Waals surface area contributed by atoms with E-state index in [1.807, 2.05) is 140 Å². The summed E-state index contributed by atoms with van der Waals surface area (Å²) in [6.45, 7) is 38.0. The van der Waals surface area contributed by atoms with Crippen LogP contribution in [-0.2, 0) is 18.9 Å². The second-order valence-corrected chi connectivity index (χ2v) is 32.4. The zero-order chi connectivity index (χ0) is 83.1. The maximum absolute atomic E-state index is 12.2. The summed E-state index contributed by atoms with van der Waals surface area (Å²) in [5.41, 5.74) is 8.27. The fraction of sp³-hybridized carbons (Fsp3) is 0.514. The minimum atomic E-state index is -0.937. The molecule has 32 nitrogen and oxygen atoms in total. The molecule has 0 radical (unpaired) electrons. The van der Waals surface area contributed by atoms with Gasteiger partial charge in [-0.15, -0.1) is 0 Å². The predicted octanol–water partition coefficient (Wildman–Crippen LogP) is 14.8. The Morgan fingerprint density at radius 3 is 1.37 bits per heavy atom. The second kappa shape index (κ2) is 44.0. The molecule has 37 heteroatoms. The highest BCUT2D eigenvalue weighted by Crippen LogP contribution is 2.29. The molecule has 6 unspecified atom stereocenters. The maximum Gasteiger partial charge on any atom is 0.412 e. The Bertz CT molecular complexity index is 4280. The van der Waals surface area contributed by atoms with Crippen LogP contribution < -0.4 is 47.4 Å². The van der Waals surface area contributed by atoms with Crippen LogP contribution in [0.15, 0.2) is 67.4 Å². The number of nitrogens with two attached hydrogens (primary N) is 1. The van der Waals surface area contributed by atoms with Crippen molar-refractivity contribution < 1.29 is 48.0 Å². The van der Waals surface area contributed by atoms with Crippen LogP contribution in [0.3, 0.4) is 0 Å². The molecular weight excluding hydrogens is 1530 g/mol. The van der Waals surface area contributed by atoms with Gasteiger partial charge in [0.15, 0.2) is 33.2 Å². The second-order valence-electron chi connectivity index (χ2n) is 29.7. The van der Waals surface area contributed by atoms with Gasteiger partial charge in [0.1, 0.15) is 67.4 Å². The molecular formula is C74H101Cl3N22O10S2. The number of anilines is 6. The van der Waals surface area contributed by atoms with Crippen LogP contribution in [0.25, 0.3) is 0 Å². The number of pyridine rings is 2. The van der Waals surface area contributed by atoms with Gasteiger partial charge in [-0.1, -0.05) is 34.8 Å². The summed E-state index contributed by atoms with van der Waals surface area (Å²) in [5, 5.41) is 54.8. The number of aryl methyl sites for hydroxylation is 4. The highest BCUT2D eigenvalue weighted by molar-refractivity contribution is 7.10. The van der Waals surface area contributed by atoms with E-state index in [4.69, 9.17) is 75.1 Å². The first-order valence-corrected chi connectivity index (χ1v) is 38.0. The number of hydrogen-bond acceptors (Lipinski definition) is 29. The number of nitrogens with zero attached hydrogens (tertiary/aromatic N) is 15. The van der Waals surface area contributed by atoms with Crippen molar-refractivity contribution in [2.24, 2.45) is 0 Å². The van der Waals surface area contributed by atoms with Crippen LogP contribution in [0.5, 0.6) is 0 Å². The number of carboxylic acid groups (broad SMARTS) is 1. The fourth-order valence-electron chi connectivity index (χ4n) is 9.79. The Labute approximate surface area is 672 Å². The number of ether oxygens (including phenoxy) is 4. The van der Waals surface area contributed by atoms with Crippen molar-refractivity contribution in [3.8, 4) is 18.2 Å². The number of halogens is 3. The van der Waals surface area contributed by atoms with E-state index in [0.29, 0.717) is 42.3 Å². The molecule has 111 heavy (non-hydrogen) atoms. The average Bonchev–Trinajstić information content (AvgIpc) is 1.37. The standard InChI is InChI=1S/C20H27N7O2S.C16H22ClN5O2.C11H22N2O2.C11H16N2O2.C7H7NO2.C5HCl2N3.C4H6N2S/c1-12-8-17(30-26-12)25-18-15(9-21)22-10-16(24-18)27-11-14(7-6-13(27)2)23-19(28)29-20(3,4)5;1-10-5-6-11(20-15(23)24-16(2,3)4)9-22(10)13-8-19-12(7-18)14(17)21-13;2*1-8-5-6-9(7-12-8)13-10(14)15-11(2,3)4;1-5-2-3-6(4-8-5)7(9)10;6-4-2-9-3(1-8)5(7)10-4;1-3-2-4(5)7-6-3/h8,10,13-14H,6-7,11H2,1-5H3,(H,23,28)(H,24,25);8,10-11H,5-6,9H2,1-4H3,(H,20,23);8-9,12H,5-7H2,1-4H3,(H,13,14);5-7H,1-4H3,(H,13,14);2-4H,1H3,(H,9,10);2H;2H,5H2,1H3. The molecule has 6 atom stereocenters. The number of alkyl carbamates (subject to hydrolysis) is 3. The Balaban J connectivity index is 0.000000287. The van der Waals surface area contributed by atoms with Crippen molar-refractivity contribution in [1.82, 2.24) is 69.9 Å². The highest BCUT2D eigenvalue weighted by Gasteiger charge is 2.32. The third-order valence-electron chi connectivity index (χ3n) is 14.9. The molecule has 0 bridgehead atoms. The zero-order valence-corrected chi connectivity index (χ0v) is 69.9. The maximum atomic E-state index is 12.2. The van der Waals surface area contributed by atoms with Gasteiger partial charge in [0.2, 0.25) is 0 Å². The van der Waals surface area contributed by atoms with E-state index >= 15 is 0 Å². The van der Waals surface area contributed by atoms with Gasteiger partial charge in [0, 0.05) is 73.5 Å². The normalized spacial score (nSPS) is 17.1. The Morgan fingerprint density at radius 1 is 0.541 bits per heavy atom. The van der Waals surface area contributed by atoms with Crippen LogP contribution in [0, 0.1) is 61.7 Å². The largest absolute Gasteiger partial charge is 0.478 e. The minimum Gasteiger partial charge on any atom is -0.478 e. The molecule has 3 saturated heterocycles. The topological polar surface area (TPSA) is 447 Å². The molecule has 3 aliphatic heterocycles. The number of carboxylic acids is 1. The van der Waals surface area contributed by atoms with Gasteiger partial charge >= 0.3 is 30.3 Å². The lowest BCUT2D eigenvalue weighted by atomic mass is 9.99. The summed E-state index contributed by atoms with van der Waals surface area (Å²) >= 11 is 19.5. The van der Waals surface area contributed by atoms with Gasteiger partial charge in [0.25, 0.3) is 0 Å². The van der Waals surface area contributed by atoms with Crippen LogP contribution >= 0.6 is 57.9 Å².